The zero-order valence-electron chi connectivity index (χ0n) is 16.9. The molecule has 152 valence electrons. The second kappa shape index (κ2) is 8.32. The molecule has 0 spiro atoms. The van der Waals surface area contributed by atoms with Gasteiger partial charge in [-0.05, 0) is 37.1 Å². The minimum Gasteiger partial charge on any atom is -0.377 e. The molecule has 2 heterocycles. The van der Waals surface area contributed by atoms with E-state index < -0.39 is 0 Å². The van der Waals surface area contributed by atoms with Crippen LogP contribution in [-0.2, 0) is 4.79 Å². The molecule has 7 heteroatoms. The smallest absolute Gasteiger partial charge is 0.255 e. The lowest BCUT2D eigenvalue weighted by molar-refractivity contribution is -0.117. The molecule has 2 aromatic heterocycles. The first-order valence-corrected chi connectivity index (χ1v) is 9.81. The summed E-state index contributed by atoms with van der Waals surface area (Å²) in [5.41, 5.74) is 4.00. The molecule has 0 unspecified atom stereocenters. The van der Waals surface area contributed by atoms with Gasteiger partial charge >= 0.3 is 0 Å². The highest BCUT2D eigenvalue weighted by Crippen LogP contribution is 2.31. The van der Waals surface area contributed by atoms with Crippen LogP contribution in [0, 0.1) is 5.92 Å². The van der Waals surface area contributed by atoms with Crippen molar-refractivity contribution in [3.8, 4) is 11.1 Å². The second-order valence-electron chi connectivity index (χ2n) is 7.52. The summed E-state index contributed by atoms with van der Waals surface area (Å²) >= 11 is 0. The third-order valence-electron chi connectivity index (χ3n) is 4.91. The molecule has 0 bridgehead atoms. The molecule has 1 aromatic carbocycles. The van der Waals surface area contributed by atoms with Gasteiger partial charge in [0.2, 0.25) is 5.91 Å². The van der Waals surface area contributed by atoms with Crippen LogP contribution in [0.5, 0.6) is 0 Å². The lowest BCUT2D eigenvalue weighted by Gasteiger charge is -2.17. The Morgan fingerprint density at radius 3 is 2.60 bits per heavy atom. The van der Waals surface area contributed by atoms with Gasteiger partial charge < -0.3 is 15.5 Å². The lowest BCUT2D eigenvalue weighted by atomic mass is 10.0. The van der Waals surface area contributed by atoms with Gasteiger partial charge in [-0.15, -0.1) is 0 Å². The number of para-hydroxylation sites is 1. The van der Waals surface area contributed by atoms with Gasteiger partial charge in [0, 0.05) is 54.8 Å². The van der Waals surface area contributed by atoms with E-state index in [0.29, 0.717) is 17.1 Å². The first-order valence-electron chi connectivity index (χ1n) is 9.81. The maximum Gasteiger partial charge on any atom is 0.255 e. The largest absolute Gasteiger partial charge is 0.377 e. The maximum atomic E-state index is 12.7. The minimum atomic E-state index is -0.292. The van der Waals surface area contributed by atoms with Gasteiger partial charge in [0.25, 0.3) is 5.91 Å². The molecule has 2 N–H and O–H groups in total. The normalized spacial score (nSPS) is 12.9. The summed E-state index contributed by atoms with van der Waals surface area (Å²) in [6, 6.07) is 13.1. The lowest BCUT2D eigenvalue weighted by Crippen LogP contribution is -2.16. The fourth-order valence-electron chi connectivity index (χ4n) is 3.18. The van der Waals surface area contributed by atoms with Crippen LogP contribution in [0.15, 0.2) is 61.1 Å². The number of amides is 2. The third kappa shape index (κ3) is 4.46. The van der Waals surface area contributed by atoms with Crippen LogP contribution >= 0.6 is 0 Å². The molecular weight excluding hydrogens is 378 g/mol. The number of hydrogen-bond donors (Lipinski definition) is 2. The number of pyridine rings is 2. The van der Waals surface area contributed by atoms with Gasteiger partial charge in [-0.2, -0.15) is 0 Å². The molecule has 1 fully saturated rings. The van der Waals surface area contributed by atoms with E-state index >= 15 is 0 Å². The van der Waals surface area contributed by atoms with E-state index in [1.807, 2.05) is 49.3 Å². The third-order valence-corrected chi connectivity index (χ3v) is 4.91. The Morgan fingerprint density at radius 1 is 1.03 bits per heavy atom. The monoisotopic (exact) mass is 401 g/mol. The number of carbonyl (C=O) groups is 2. The Labute approximate surface area is 175 Å². The second-order valence-corrected chi connectivity index (χ2v) is 7.52. The Kier molecular flexibility index (Phi) is 5.43. The van der Waals surface area contributed by atoms with E-state index in [4.69, 9.17) is 0 Å². The van der Waals surface area contributed by atoms with Crippen LogP contribution in [0.1, 0.15) is 23.2 Å². The summed E-state index contributed by atoms with van der Waals surface area (Å²) in [5.74, 6) is 0.116. The van der Waals surface area contributed by atoms with Crippen LogP contribution < -0.4 is 15.5 Å². The van der Waals surface area contributed by atoms with Crippen molar-refractivity contribution in [3.05, 3.63) is 66.6 Å². The average molecular weight is 401 g/mol. The van der Waals surface area contributed by atoms with Crippen molar-refractivity contribution >= 4 is 29.0 Å². The van der Waals surface area contributed by atoms with Crippen molar-refractivity contribution in [1.29, 1.82) is 0 Å². The van der Waals surface area contributed by atoms with Crippen LogP contribution in [0.4, 0.5) is 17.2 Å². The SMILES string of the molecule is CN(C)c1ccccc1-c1cncc(NC(=O)c2ccnc(NC(=O)C3CC3)c2)c1. The Morgan fingerprint density at radius 2 is 1.83 bits per heavy atom. The molecule has 4 rings (SSSR count). The van der Waals surface area contributed by atoms with Crippen LogP contribution in [-0.4, -0.2) is 35.9 Å². The van der Waals surface area contributed by atoms with Crippen molar-refractivity contribution in [2.45, 2.75) is 12.8 Å². The maximum absolute atomic E-state index is 12.7. The summed E-state index contributed by atoms with van der Waals surface area (Å²) in [6.07, 6.45) is 6.71. The standard InChI is InChI=1S/C23H23N5O2/c1-28(2)20-6-4-3-5-19(20)17-11-18(14-24-13-17)26-23(30)16-9-10-25-21(12-16)27-22(29)15-7-8-15/h3-6,9-15H,7-8H2,1-2H3,(H,26,30)(H,25,27,29). The number of nitrogens with zero attached hydrogens (tertiary/aromatic N) is 3. The zero-order chi connectivity index (χ0) is 21.1. The van der Waals surface area contributed by atoms with Crippen LogP contribution in [0.2, 0.25) is 0 Å². The number of aromatic nitrogens is 2. The van der Waals surface area contributed by atoms with E-state index in [-0.39, 0.29) is 17.7 Å². The first kappa shape index (κ1) is 19.6. The fourth-order valence-corrected chi connectivity index (χ4v) is 3.18. The highest BCUT2D eigenvalue weighted by molar-refractivity contribution is 6.05. The minimum absolute atomic E-state index is 0.0449. The molecule has 30 heavy (non-hydrogen) atoms. The fraction of sp³-hybridized carbons (Fsp3) is 0.217. The topological polar surface area (TPSA) is 87.2 Å². The molecule has 0 radical (unpaired) electrons. The molecule has 0 atom stereocenters. The Hall–Kier alpha value is -3.74. The summed E-state index contributed by atoms with van der Waals surface area (Å²) in [4.78, 5) is 35.1. The predicted octanol–water partition coefficient (Wildman–Crippen LogP) is 3.81. The highest BCUT2D eigenvalue weighted by Gasteiger charge is 2.29. The quantitative estimate of drug-likeness (QED) is 0.656. The van der Waals surface area contributed by atoms with E-state index in [9.17, 15) is 9.59 Å². The molecular formula is C23H23N5O2. The number of rotatable bonds is 6. The first-order chi connectivity index (χ1) is 14.5. The number of nitrogens with one attached hydrogen (secondary N) is 2. The van der Waals surface area contributed by atoms with E-state index in [1.54, 1.807) is 24.5 Å². The van der Waals surface area contributed by atoms with Gasteiger partial charge in [0.1, 0.15) is 5.82 Å². The van der Waals surface area contributed by atoms with Gasteiger partial charge in [-0.3, -0.25) is 14.6 Å². The summed E-state index contributed by atoms with van der Waals surface area (Å²) < 4.78 is 0. The molecule has 1 aliphatic carbocycles. The summed E-state index contributed by atoms with van der Waals surface area (Å²) in [5, 5.41) is 5.64. The molecule has 0 saturated heterocycles. The summed E-state index contributed by atoms with van der Waals surface area (Å²) in [7, 11) is 3.97. The highest BCUT2D eigenvalue weighted by atomic mass is 16.2. The number of anilines is 3. The van der Waals surface area contributed by atoms with Gasteiger partial charge in [-0.25, -0.2) is 4.98 Å². The zero-order valence-corrected chi connectivity index (χ0v) is 16.9. The predicted molar refractivity (Wildman–Crippen MR) is 118 cm³/mol. The van der Waals surface area contributed by atoms with Crippen molar-refractivity contribution in [2.24, 2.45) is 5.92 Å². The van der Waals surface area contributed by atoms with E-state index in [2.05, 4.69) is 20.6 Å². The van der Waals surface area contributed by atoms with Gasteiger partial charge in [-0.1, -0.05) is 18.2 Å². The van der Waals surface area contributed by atoms with Crippen LogP contribution in [0.25, 0.3) is 11.1 Å². The number of carbonyl (C=O) groups excluding carboxylic acids is 2. The molecule has 3 aromatic rings. The van der Waals surface area contributed by atoms with Gasteiger partial charge in [0.15, 0.2) is 0 Å². The molecule has 0 aliphatic heterocycles. The number of hydrogen-bond acceptors (Lipinski definition) is 5. The Balaban J connectivity index is 1.52. The van der Waals surface area contributed by atoms with Crippen molar-refractivity contribution in [1.82, 2.24) is 9.97 Å². The van der Waals surface area contributed by atoms with E-state index in [1.165, 1.54) is 6.20 Å². The van der Waals surface area contributed by atoms with Crippen molar-refractivity contribution in [2.75, 3.05) is 29.6 Å². The van der Waals surface area contributed by atoms with E-state index in [0.717, 1.165) is 29.7 Å². The Bertz CT molecular complexity index is 1090. The molecule has 1 saturated carbocycles. The van der Waals surface area contributed by atoms with Crippen molar-refractivity contribution < 1.29 is 9.59 Å². The van der Waals surface area contributed by atoms with Crippen molar-refractivity contribution in [3.63, 3.8) is 0 Å². The number of benzene rings is 1. The molecule has 7 nitrogen and oxygen atoms in total. The summed E-state index contributed by atoms with van der Waals surface area (Å²) in [6.45, 7) is 0. The molecule has 1 aliphatic rings. The van der Waals surface area contributed by atoms with Crippen LogP contribution in [0.3, 0.4) is 0 Å². The molecule has 2 amide bonds. The average Bonchev–Trinajstić information content (AvgIpc) is 3.60. The van der Waals surface area contributed by atoms with Gasteiger partial charge in [0.05, 0.1) is 11.9 Å².